The summed E-state index contributed by atoms with van der Waals surface area (Å²) in [6.07, 6.45) is 1.61. The smallest absolute Gasteiger partial charge is 0.182 e. The highest BCUT2D eigenvalue weighted by Gasteiger charge is 2.29. The lowest BCUT2D eigenvalue weighted by Crippen LogP contribution is -2.44. The average molecular weight is 241 g/mol. The van der Waals surface area contributed by atoms with E-state index in [0.717, 1.165) is 22.8 Å². The van der Waals surface area contributed by atoms with Crippen LogP contribution in [0.2, 0.25) is 0 Å². The van der Waals surface area contributed by atoms with Gasteiger partial charge in [0.2, 0.25) is 0 Å². The molecule has 1 unspecified atom stereocenters. The van der Waals surface area contributed by atoms with Crippen LogP contribution in [0.25, 0.3) is 10.8 Å². The minimum atomic E-state index is -0.779. The van der Waals surface area contributed by atoms with Crippen LogP contribution in [0.5, 0.6) is 0 Å². The van der Waals surface area contributed by atoms with Crippen LogP contribution in [0.15, 0.2) is 42.5 Å². The average Bonchev–Trinajstić information content (AvgIpc) is 2.37. The van der Waals surface area contributed by atoms with Gasteiger partial charge in [-0.15, -0.1) is 0 Å². The highest BCUT2D eigenvalue weighted by Crippen LogP contribution is 2.23. The minimum Gasteiger partial charge on any atom is -0.319 e. The number of hydrogen-bond acceptors (Lipinski definition) is 2. The first-order valence-corrected chi connectivity index (χ1v) is 6.37. The molecule has 0 bridgehead atoms. The molecular weight excluding hydrogens is 222 g/mol. The van der Waals surface area contributed by atoms with Crippen molar-refractivity contribution in [2.45, 2.75) is 32.2 Å². The Hall–Kier alpha value is -1.67. The molecule has 18 heavy (non-hydrogen) atoms. The van der Waals surface area contributed by atoms with Gasteiger partial charge in [-0.3, -0.25) is 4.79 Å². The maximum atomic E-state index is 12.5. The molecule has 2 heteroatoms. The second kappa shape index (κ2) is 4.91. The highest BCUT2D eigenvalue weighted by atomic mass is 16.1. The third-order valence-corrected chi connectivity index (χ3v) is 3.32. The molecule has 2 N–H and O–H groups in total. The Morgan fingerprint density at radius 2 is 1.83 bits per heavy atom. The predicted molar refractivity (Wildman–Crippen MR) is 75.8 cm³/mol. The third kappa shape index (κ3) is 2.29. The molecule has 0 heterocycles. The maximum absolute atomic E-state index is 12.5. The van der Waals surface area contributed by atoms with Crippen LogP contribution in [-0.4, -0.2) is 11.3 Å². The zero-order valence-electron chi connectivity index (χ0n) is 10.9. The standard InChI is InChI=1S/C16H19NO/c1-3-11-16(2,17)15(18)14-10-6-8-12-7-4-5-9-13(12)14/h4-10H,3,11,17H2,1-2H3. The van der Waals surface area contributed by atoms with Crippen LogP contribution in [-0.2, 0) is 0 Å². The van der Waals surface area contributed by atoms with Crippen molar-refractivity contribution >= 4 is 16.6 Å². The number of hydrogen-bond donors (Lipinski definition) is 1. The number of ketones is 1. The van der Waals surface area contributed by atoms with Gasteiger partial charge in [0.15, 0.2) is 5.78 Å². The summed E-state index contributed by atoms with van der Waals surface area (Å²) in [6.45, 7) is 3.86. The summed E-state index contributed by atoms with van der Waals surface area (Å²) in [5.74, 6) is 0.0288. The number of rotatable bonds is 4. The van der Waals surface area contributed by atoms with Gasteiger partial charge in [0.1, 0.15) is 0 Å². The van der Waals surface area contributed by atoms with Gasteiger partial charge in [-0.2, -0.15) is 0 Å². The van der Waals surface area contributed by atoms with E-state index in [9.17, 15) is 4.79 Å². The first-order valence-electron chi connectivity index (χ1n) is 6.37. The van der Waals surface area contributed by atoms with Crippen molar-refractivity contribution in [3.8, 4) is 0 Å². The fourth-order valence-corrected chi connectivity index (χ4v) is 2.36. The largest absolute Gasteiger partial charge is 0.319 e. The molecular formula is C16H19NO. The first-order chi connectivity index (χ1) is 8.56. The highest BCUT2D eigenvalue weighted by molar-refractivity contribution is 6.12. The summed E-state index contributed by atoms with van der Waals surface area (Å²) in [5.41, 5.74) is 6.09. The van der Waals surface area contributed by atoms with Gasteiger partial charge in [-0.05, 0) is 24.1 Å². The van der Waals surface area contributed by atoms with Crippen molar-refractivity contribution in [2.24, 2.45) is 5.73 Å². The molecule has 0 aliphatic rings. The van der Waals surface area contributed by atoms with E-state index in [2.05, 4.69) is 0 Å². The zero-order valence-corrected chi connectivity index (χ0v) is 10.9. The van der Waals surface area contributed by atoms with Gasteiger partial charge in [0, 0.05) is 5.56 Å². The van der Waals surface area contributed by atoms with Crippen LogP contribution in [0.4, 0.5) is 0 Å². The van der Waals surface area contributed by atoms with Crippen LogP contribution < -0.4 is 5.73 Å². The number of fused-ring (bicyclic) bond motifs is 1. The number of carbonyl (C=O) groups excluding carboxylic acids is 1. The van der Waals surface area contributed by atoms with Gasteiger partial charge in [0.05, 0.1) is 5.54 Å². The number of Topliss-reactive ketones (excluding diaryl/α,β-unsaturated/α-hetero) is 1. The fraction of sp³-hybridized carbons (Fsp3) is 0.312. The summed E-state index contributed by atoms with van der Waals surface area (Å²) in [6, 6.07) is 13.7. The molecule has 0 saturated carbocycles. The summed E-state index contributed by atoms with van der Waals surface area (Å²) in [4.78, 5) is 12.5. The molecule has 0 aromatic heterocycles. The molecule has 0 aliphatic carbocycles. The van der Waals surface area contributed by atoms with Crippen molar-refractivity contribution in [3.05, 3.63) is 48.0 Å². The van der Waals surface area contributed by atoms with Gasteiger partial charge in [-0.1, -0.05) is 55.8 Å². The van der Waals surface area contributed by atoms with Crippen LogP contribution in [0.3, 0.4) is 0 Å². The Bertz CT molecular complexity index is 567. The van der Waals surface area contributed by atoms with Crippen molar-refractivity contribution in [2.75, 3.05) is 0 Å². The van der Waals surface area contributed by atoms with Crippen molar-refractivity contribution in [1.29, 1.82) is 0 Å². The van der Waals surface area contributed by atoms with Crippen molar-refractivity contribution in [3.63, 3.8) is 0 Å². The lowest BCUT2D eigenvalue weighted by atomic mass is 9.86. The Kier molecular flexibility index (Phi) is 3.48. The lowest BCUT2D eigenvalue weighted by Gasteiger charge is -2.23. The Morgan fingerprint density at radius 3 is 2.56 bits per heavy atom. The molecule has 2 nitrogen and oxygen atoms in total. The summed E-state index contributed by atoms with van der Waals surface area (Å²) in [7, 11) is 0. The Labute approximate surface area is 108 Å². The van der Waals surface area contributed by atoms with Gasteiger partial charge in [-0.25, -0.2) is 0 Å². The van der Waals surface area contributed by atoms with Crippen LogP contribution in [0, 0.1) is 0 Å². The lowest BCUT2D eigenvalue weighted by molar-refractivity contribution is 0.0895. The second-order valence-electron chi connectivity index (χ2n) is 5.02. The zero-order chi connectivity index (χ0) is 13.2. The molecule has 0 amide bonds. The number of carbonyl (C=O) groups is 1. The van der Waals surface area contributed by atoms with Gasteiger partial charge in [0.25, 0.3) is 0 Å². The Balaban J connectivity index is 2.51. The molecule has 0 saturated heterocycles. The van der Waals surface area contributed by atoms with E-state index in [0.29, 0.717) is 6.42 Å². The molecule has 2 rings (SSSR count). The normalized spacial score (nSPS) is 14.4. The van der Waals surface area contributed by atoms with E-state index in [-0.39, 0.29) is 5.78 Å². The fourth-order valence-electron chi connectivity index (χ4n) is 2.36. The van der Waals surface area contributed by atoms with E-state index in [1.807, 2.05) is 56.3 Å². The third-order valence-electron chi connectivity index (χ3n) is 3.32. The molecule has 1 atom stereocenters. The van der Waals surface area contributed by atoms with E-state index in [1.165, 1.54) is 0 Å². The van der Waals surface area contributed by atoms with Crippen LogP contribution >= 0.6 is 0 Å². The maximum Gasteiger partial charge on any atom is 0.182 e. The number of benzene rings is 2. The topological polar surface area (TPSA) is 43.1 Å². The van der Waals surface area contributed by atoms with Gasteiger partial charge < -0.3 is 5.73 Å². The summed E-state index contributed by atoms with van der Waals surface area (Å²) in [5, 5.41) is 2.06. The van der Waals surface area contributed by atoms with E-state index < -0.39 is 5.54 Å². The molecule has 2 aromatic rings. The predicted octanol–water partition coefficient (Wildman–Crippen LogP) is 3.54. The second-order valence-corrected chi connectivity index (χ2v) is 5.02. The molecule has 2 aromatic carbocycles. The van der Waals surface area contributed by atoms with E-state index >= 15 is 0 Å². The van der Waals surface area contributed by atoms with E-state index in [4.69, 9.17) is 5.73 Å². The monoisotopic (exact) mass is 241 g/mol. The quantitative estimate of drug-likeness (QED) is 0.832. The van der Waals surface area contributed by atoms with E-state index in [1.54, 1.807) is 0 Å². The SMILES string of the molecule is CCCC(C)(N)C(=O)c1cccc2ccccc12. The summed E-state index contributed by atoms with van der Waals surface area (Å²) >= 11 is 0. The van der Waals surface area contributed by atoms with Gasteiger partial charge >= 0.3 is 0 Å². The molecule has 0 spiro atoms. The van der Waals surface area contributed by atoms with Crippen LogP contribution in [0.1, 0.15) is 37.0 Å². The van der Waals surface area contributed by atoms with Crippen molar-refractivity contribution < 1.29 is 4.79 Å². The molecule has 0 radical (unpaired) electrons. The molecule has 0 aliphatic heterocycles. The number of nitrogens with two attached hydrogens (primary N) is 1. The first kappa shape index (κ1) is 12.8. The molecule has 94 valence electrons. The minimum absolute atomic E-state index is 0.0288. The Morgan fingerprint density at radius 1 is 1.17 bits per heavy atom. The van der Waals surface area contributed by atoms with Crippen molar-refractivity contribution in [1.82, 2.24) is 0 Å². The summed E-state index contributed by atoms with van der Waals surface area (Å²) < 4.78 is 0. The molecule has 0 fully saturated rings.